The molecule has 0 bridgehead atoms. The molecule has 4 aromatic rings. The first kappa shape index (κ1) is 25.8. The van der Waals surface area contributed by atoms with Crippen LogP contribution in [0.5, 0.6) is 5.75 Å². The highest BCUT2D eigenvalue weighted by Crippen LogP contribution is 2.49. The summed E-state index contributed by atoms with van der Waals surface area (Å²) >= 11 is 0. The van der Waals surface area contributed by atoms with E-state index in [-0.39, 0.29) is 18.5 Å². The van der Waals surface area contributed by atoms with E-state index in [2.05, 4.69) is 15.3 Å². The van der Waals surface area contributed by atoms with E-state index >= 15 is 0 Å². The number of nitrogens with one attached hydrogen (secondary N) is 2. The number of carbonyl (C=O) groups excluding carboxylic acids is 2. The van der Waals surface area contributed by atoms with Crippen LogP contribution in [0.15, 0.2) is 67.0 Å². The SMILES string of the molecule is COc1ccc2c3c([nH]c2c1)[C@H](CO)N(C(=O)c1ccncc1)CC31CCN(C(=O)Nc2cccc(F)c2)CC1. The minimum atomic E-state index is -0.561. The summed E-state index contributed by atoms with van der Waals surface area (Å²) in [6.07, 6.45) is 4.37. The van der Waals surface area contributed by atoms with Crippen LogP contribution in [0.4, 0.5) is 14.9 Å². The van der Waals surface area contributed by atoms with Gasteiger partial charge in [0.05, 0.1) is 19.8 Å². The number of rotatable bonds is 4. The Balaban J connectivity index is 1.36. The molecule has 1 saturated heterocycles. The van der Waals surface area contributed by atoms with Crippen molar-refractivity contribution in [2.45, 2.75) is 24.3 Å². The number of likely N-dealkylation sites (tertiary alicyclic amines) is 1. The van der Waals surface area contributed by atoms with Crippen LogP contribution in [0.1, 0.15) is 40.5 Å². The number of halogens is 1. The van der Waals surface area contributed by atoms with Gasteiger partial charge in [-0.25, -0.2) is 9.18 Å². The Morgan fingerprint density at radius 1 is 1.15 bits per heavy atom. The molecule has 1 atom stereocenters. The number of carbonyl (C=O) groups is 2. The second-order valence-corrected chi connectivity index (χ2v) is 10.4. The summed E-state index contributed by atoms with van der Waals surface area (Å²) in [5.41, 5.74) is 3.19. The van der Waals surface area contributed by atoms with Gasteiger partial charge in [0.25, 0.3) is 5.91 Å². The van der Waals surface area contributed by atoms with Gasteiger partial charge in [-0.1, -0.05) is 6.07 Å². The molecule has 0 saturated carbocycles. The van der Waals surface area contributed by atoms with E-state index in [0.29, 0.717) is 49.5 Å². The summed E-state index contributed by atoms with van der Waals surface area (Å²) < 4.78 is 19.1. The molecule has 206 valence electrons. The average Bonchev–Trinajstić information content (AvgIpc) is 3.37. The molecule has 10 heteroatoms. The summed E-state index contributed by atoms with van der Waals surface area (Å²) in [5, 5.41) is 14.4. The summed E-state index contributed by atoms with van der Waals surface area (Å²) in [7, 11) is 1.61. The Labute approximate surface area is 230 Å². The zero-order valence-electron chi connectivity index (χ0n) is 22.1. The van der Waals surface area contributed by atoms with Crippen LogP contribution < -0.4 is 10.1 Å². The van der Waals surface area contributed by atoms with Gasteiger partial charge in [0.15, 0.2) is 0 Å². The zero-order valence-corrected chi connectivity index (χ0v) is 22.1. The lowest BCUT2D eigenvalue weighted by molar-refractivity contribution is 0.0371. The monoisotopic (exact) mass is 543 g/mol. The quantitative estimate of drug-likeness (QED) is 0.352. The number of anilines is 1. The smallest absolute Gasteiger partial charge is 0.321 e. The molecule has 1 fully saturated rings. The fourth-order valence-electron chi connectivity index (χ4n) is 6.20. The maximum absolute atomic E-state index is 13.8. The second-order valence-electron chi connectivity index (χ2n) is 10.4. The van der Waals surface area contributed by atoms with Gasteiger partial charge in [-0.2, -0.15) is 0 Å². The summed E-state index contributed by atoms with van der Waals surface area (Å²) in [6, 6.07) is 14.2. The van der Waals surface area contributed by atoms with Gasteiger partial charge in [-0.3, -0.25) is 9.78 Å². The van der Waals surface area contributed by atoms with E-state index in [0.717, 1.165) is 22.2 Å². The highest BCUT2D eigenvalue weighted by atomic mass is 19.1. The number of urea groups is 1. The number of nitrogens with zero attached hydrogens (tertiary/aromatic N) is 3. The molecule has 6 rings (SSSR count). The van der Waals surface area contributed by atoms with Crippen molar-refractivity contribution in [3.63, 3.8) is 0 Å². The molecule has 1 spiro atoms. The van der Waals surface area contributed by atoms with Crippen LogP contribution in [0.2, 0.25) is 0 Å². The van der Waals surface area contributed by atoms with Gasteiger partial charge >= 0.3 is 6.03 Å². The second kappa shape index (κ2) is 10.3. The van der Waals surface area contributed by atoms with Crippen molar-refractivity contribution in [2.24, 2.45) is 0 Å². The number of benzene rings is 2. The molecule has 2 aromatic heterocycles. The molecule has 2 aromatic carbocycles. The van der Waals surface area contributed by atoms with Crippen LogP contribution in [-0.2, 0) is 5.41 Å². The van der Waals surface area contributed by atoms with Crippen molar-refractivity contribution in [1.29, 1.82) is 0 Å². The highest BCUT2D eigenvalue weighted by Gasteiger charge is 2.49. The summed E-state index contributed by atoms with van der Waals surface area (Å²) in [5.74, 6) is 0.0988. The normalized spacial score (nSPS) is 18.0. The van der Waals surface area contributed by atoms with Gasteiger partial charge < -0.3 is 29.9 Å². The van der Waals surface area contributed by atoms with E-state index in [1.807, 2.05) is 18.2 Å². The summed E-state index contributed by atoms with van der Waals surface area (Å²) in [6.45, 7) is 1.05. The zero-order chi connectivity index (χ0) is 27.9. The number of piperidine rings is 1. The Morgan fingerprint density at radius 3 is 2.62 bits per heavy atom. The summed E-state index contributed by atoms with van der Waals surface area (Å²) in [4.78, 5) is 37.8. The molecule has 2 aliphatic rings. The van der Waals surface area contributed by atoms with Crippen LogP contribution >= 0.6 is 0 Å². The first-order valence-electron chi connectivity index (χ1n) is 13.3. The number of fused-ring (bicyclic) bond motifs is 4. The Kier molecular flexibility index (Phi) is 6.63. The van der Waals surface area contributed by atoms with Gasteiger partial charge in [-0.05, 0) is 60.9 Å². The minimum Gasteiger partial charge on any atom is -0.497 e. The topological polar surface area (TPSA) is 111 Å². The van der Waals surface area contributed by atoms with E-state index in [9.17, 15) is 19.1 Å². The largest absolute Gasteiger partial charge is 0.497 e. The fraction of sp³-hybridized carbons (Fsp3) is 0.300. The van der Waals surface area contributed by atoms with Crippen molar-refractivity contribution >= 4 is 28.5 Å². The maximum atomic E-state index is 13.8. The molecule has 3 N–H and O–H groups in total. The third kappa shape index (κ3) is 4.44. The lowest BCUT2D eigenvalue weighted by Crippen LogP contribution is -2.56. The first-order chi connectivity index (χ1) is 19.4. The Bertz CT molecular complexity index is 1570. The molecule has 0 radical (unpaired) electrons. The lowest BCUT2D eigenvalue weighted by Gasteiger charge is -2.50. The van der Waals surface area contributed by atoms with Gasteiger partial charge in [-0.15, -0.1) is 0 Å². The first-order valence-corrected chi connectivity index (χ1v) is 13.3. The van der Waals surface area contributed by atoms with Crippen LogP contribution in [0, 0.1) is 5.82 Å². The molecule has 4 heterocycles. The lowest BCUT2D eigenvalue weighted by atomic mass is 9.68. The minimum absolute atomic E-state index is 0.186. The van der Waals surface area contributed by atoms with Crippen LogP contribution in [0.3, 0.4) is 0 Å². The van der Waals surface area contributed by atoms with Crippen molar-refractivity contribution < 1.29 is 23.8 Å². The number of aromatic nitrogens is 2. The molecule has 9 nitrogen and oxygen atoms in total. The number of amides is 3. The Morgan fingerprint density at radius 2 is 1.93 bits per heavy atom. The number of hydrogen-bond donors (Lipinski definition) is 3. The molecule has 40 heavy (non-hydrogen) atoms. The molecule has 0 aliphatic carbocycles. The van der Waals surface area contributed by atoms with Crippen molar-refractivity contribution in [3.05, 3.63) is 89.6 Å². The number of aliphatic hydroxyl groups excluding tert-OH is 1. The van der Waals surface area contributed by atoms with Gasteiger partial charge in [0.2, 0.25) is 0 Å². The average molecular weight is 544 g/mol. The standard InChI is InChI=1S/C30H30FN5O4/c1-40-22-5-6-23-24(16-22)34-27-25(17-37)36(28(38)19-7-11-32-12-8-19)18-30(26(23)27)9-13-35(14-10-30)29(39)33-21-4-2-3-20(31)15-21/h2-8,11-12,15-16,25,34,37H,9-10,13-14,17-18H2,1H3,(H,33,39)/t25-/m0/s1. The maximum Gasteiger partial charge on any atom is 0.321 e. The van der Waals surface area contributed by atoms with Gasteiger partial charge in [0, 0.05) is 71.4 Å². The molecule has 2 aliphatic heterocycles. The Hall–Kier alpha value is -4.44. The number of ether oxygens (including phenoxy) is 1. The third-order valence-corrected chi connectivity index (χ3v) is 8.19. The van der Waals surface area contributed by atoms with Crippen molar-refractivity contribution in [1.82, 2.24) is 19.8 Å². The third-order valence-electron chi connectivity index (χ3n) is 8.19. The predicted molar refractivity (Wildman–Crippen MR) is 148 cm³/mol. The molecule has 3 amide bonds. The van der Waals surface area contributed by atoms with E-state index in [1.54, 1.807) is 53.6 Å². The van der Waals surface area contributed by atoms with E-state index < -0.39 is 17.3 Å². The number of pyridine rings is 1. The number of aliphatic hydroxyl groups is 1. The van der Waals surface area contributed by atoms with E-state index in [1.165, 1.54) is 12.1 Å². The van der Waals surface area contributed by atoms with Gasteiger partial charge in [0.1, 0.15) is 11.6 Å². The van der Waals surface area contributed by atoms with Crippen LogP contribution in [-0.4, -0.2) is 70.2 Å². The highest BCUT2D eigenvalue weighted by molar-refractivity contribution is 5.96. The number of H-pyrrole nitrogens is 1. The number of methoxy groups -OCH3 is 1. The van der Waals surface area contributed by atoms with Crippen LogP contribution in [0.25, 0.3) is 10.9 Å². The van der Waals surface area contributed by atoms with Crippen molar-refractivity contribution in [2.75, 3.05) is 38.7 Å². The number of aromatic amines is 1. The molecule has 0 unspecified atom stereocenters. The molecular weight excluding hydrogens is 513 g/mol. The van der Waals surface area contributed by atoms with Crippen molar-refractivity contribution in [3.8, 4) is 5.75 Å². The number of hydrogen-bond acceptors (Lipinski definition) is 5. The molecular formula is C30H30FN5O4. The predicted octanol–water partition coefficient (Wildman–Crippen LogP) is 4.47. The fourth-order valence-corrected chi connectivity index (χ4v) is 6.20. The van der Waals surface area contributed by atoms with E-state index in [4.69, 9.17) is 4.74 Å².